The number of ether oxygens (including phenoxy) is 1. The zero-order valence-electron chi connectivity index (χ0n) is 17.2. The number of nitrogens with zero attached hydrogens (tertiary/aromatic N) is 1. The Bertz CT molecular complexity index is 519. The van der Waals surface area contributed by atoms with Crippen molar-refractivity contribution in [3.63, 3.8) is 0 Å². The van der Waals surface area contributed by atoms with Crippen LogP contribution in [0, 0.1) is 5.92 Å². The molecule has 1 saturated heterocycles. The molecule has 0 bridgehead atoms. The quantitative estimate of drug-likeness (QED) is 0.300. The molecular formula is C21H36N2O5. The molecule has 0 spiro atoms. The summed E-state index contributed by atoms with van der Waals surface area (Å²) in [4.78, 5) is 37.1. The third-order valence-electron chi connectivity index (χ3n) is 5.94. The van der Waals surface area contributed by atoms with Crippen LogP contribution in [0.25, 0.3) is 0 Å². The Kier molecular flexibility index (Phi) is 9.75. The van der Waals surface area contributed by atoms with Crippen molar-refractivity contribution >= 4 is 17.9 Å². The maximum absolute atomic E-state index is 12.1. The number of urea groups is 1. The standard InChI is InChI=1S/C21H36N2O5/c1-2-28-19(25)13-9-4-3-8-12-17-20(26)22-21(27)23(17)15-14-18(24)16-10-6-5-7-11-16/h16-18,24H,2-15H2,1H3,(H,22,26,27)/t17-,18+/m0/s1. The number of esters is 1. The van der Waals surface area contributed by atoms with Crippen molar-refractivity contribution in [1.82, 2.24) is 10.2 Å². The van der Waals surface area contributed by atoms with E-state index in [1.165, 1.54) is 19.3 Å². The van der Waals surface area contributed by atoms with Crippen molar-refractivity contribution in [3.05, 3.63) is 0 Å². The van der Waals surface area contributed by atoms with E-state index in [9.17, 15) is 19.5 Å². The summed E-state index contributed by atoms with van der Waals surface area (Å²) in [6.07, 6.45) is 10.3. The third-order valence-corrected chi connectivity index (χ3v) is 5.94. The Balaban J connectivity index is 1.68. The molecular weight excluding hydrogens is 360 g/mol. The predicted molar refractivity (Wildman–Crippen MR) is 106 cm³/mol. The van der Waals surface area contributed by atoms with Gasteiger partial charge in [-0.15, -0.1) is 0 Å². The van der Waals surface area contributed by atoms with Crippen LogP contribution in [0.4, 0.5) is 4.79 Å². The lowest BCUT2D eigenvalue weighted by Crippen LogP contribution is -2.38. The SMILES string of the molecule is CCOC(=O)CCCCCC[C@H]1C(=O)NC(=O)N1CC[C@@H](O)C1CCCCC1. The Labute approximate surface area is 168 Å². The first-order valence-corrected chi connectivity index (χ1v) is 11.0. The molecule has 7 nitrogen and oxygen atoms in total. The van der Waals surface area contributed by atoms with E-state index in [4.69, 9.17) is 4.74 Å². The predicted octanol–water partition coefficient (Wildman–Crippen LogP) is 3.14. The molecule has 2 N–H and O–H groups in total. The van der Waals surface area contributed by atoms with Crippen molar-refractivity contribution in [2.24, 2.45) is 5.92 Å². The van der Waals surface area contributed by atoms with E-state index in [1.54, 1.807) is 11.8 Å². The minimum atomic E-state index is -0.434. The van der Waals surface area contributed by atoms with Gasteiger partial charge in [-0.3, -0.25) is 14.9 Å². The van der Waals surface area contributed by atoms with Gasteiger partial charge in [-0.1, -0.05) is 38.5 Å². The number of rotatable bonds is 12. The minimum absolute atomic E-state index is 0.161. The zero-order chi connectivity index (χ0) is 20.4. The smallest absolute Gasteiger partial charge is 0.324 e. The van der Waals surface area contributed by atoms with Crippen molar-refractivity contribution in [2.45, 2.75) is 96.1 Å². The topological polar surface area (TPSA) is 95.9 Å². The van der Waals surface area contributed by atoms with Crippen molar-refractivity contribution in [1.29, 1.82) is 0 Å². The average molecular weight is 397 g/mol. The average Bonchev–Trinajstić information content (AvgIpc) is 2.96. The molecule has 0 unspecified atom stereocenters. The van der Waals surface area contributed by atoms with E-state index in [-0.39, 0.29) is 17.9 Å². The van der Waals surface area contributed by atoms with E-state index in [2.05, 4.69) is 5.32 Å². The summed E-state index contributed by atoms with van der Waals surface area (Å²) in [6, 6.07) is -0.774. The molecule has 2 atom stereocenters. The largest absolute Gasteiger partial charge is 0.466 e. The second-order valence-electron chi connectivity index (χ2n) is 8.02. The van der Waals surface area contributed by atoms with Crippen LogP contribution in [0.15, 0.2) is 0 Å². The molecule has 28 heavy (non-hydrogen) atoms. The highest BCUT2D eigenvalue weighted by Gasteiger charge is 2.38. The first-order chi connectivity index (χ1) is 13.5. The lowest BCUT2D eigenvalue weighted by Gasteiger charge is -2.29. The van der Waals surface area contributed by atoms with Crippen LogP contribution in [0.1, 0.15) is 84.0 Å². The highest BCUT2D eigenvalue weighted by atomic mass is 16.5. The van der Waals surface area contributed by atoms with Gasteiger partial charge < -0.3 is 14.7 Å². The van der Waals surface area contributed by atoms with Gasteiger partial charge >= 0.3 is 12.0 Å². The summed E-state index contributed by atoms with van der Waals surface area (Å²) < 4.78 is 4.90. The van der Waals surface area contributed by atoms with Crippen LogP contribution >= 0.6 is 0 Å². The number of unbranched alkanes of at least 4 members (excludes halogenated alkanes) is 3. The second-order valence-corrected chi connectivity index (χ2v) is 8.02. The fraction of sp³-hybridized carbons (Fsp3) is 0.857. The Hall–Kier alpha value is -1.63. The number of carbonyl (C=O) groups is 3. The van der Waals surface area contributed by atoms with E-state index >= 15 is 0 Å². The maximum atomic E-state index is 12.1. The van der Waals surface area contributed by atoms with Crippen molar-refractivity contribution in [2.75, 3.05) is 13.2 Å². The lowest BCUT2D eigenvalue weighted by molar-refractivity contribution is -0.143. The van der Waals surface area contributed by atoms with E-state index in [0.29, 0.717) is 38.3 Å². The molecule has 0 aromatic heterocycles. The monoisotopic (exact) mass is 396 g/mol. The number of carbonyl (C=O) groups excluding carboxylic acids is 3. The number of hydrogen-bond donors (Lipinski definition) is 2. The van der Waals surface area contributed by atoms with Gasteiger partial charge in [0.05, 0.1) is 12.7 Å². The van der Waals surface area contributed by atoms with Crippen LogP contribution in [-0.2, 0) is 14.3 Å². The highest BCUT2D eigenvalue weighted by Crippen LogP contribution is 2.28. The van der Waals surface area contributed by atoms with Crippen molar-refractivity contribution in [3.8, 4) is 0 Å². The molecule has 2 rings (SSSR count). The summed E-state index contributed by atoms with van der Waals surface area (Å²) in [5.74, 6) is -0.0670. The molecule has 1 aliphatic carbocycles. The van der Waals surface area contributed by atoms with Crippen LogP contribution in [0.2, 0.25) is 0 Å². The number of amides is 3. The van der Waals surface area contributed by atoms with Gasteiger partial charge in [0.2, 0.25) is 0 Å². The molecule has 0 aromatic carbocycles. The van der Waals surface area contributed by atoms with Crippen LogP contribution in [0.3, 0.4) is 0 Å². The molecule has 0 radical (unpaired) electrons. The highest BCUT2D eigenvalue weighted by molar-refractivity contribution is 6.04. The molecule has 3 amide bonds. The molecule has 1 aliphatic heterocycles. The first-order valence-electron chi connectivity index (χ1n) is 11.0. The first kappa shape index (κ1) is 22.7. The van der Waals surface area contributed by atoms with Crippen molar-refractivity contribution < 1.29 is 24.2 Å². The number of aliphatic hydroxyl groups excluding tert-OH is 1. The summed E-state index contributed by atoms with van der Waals surface area (Å²) in [6.45, 7) is 2.63. The molecule has 2 aliphatic rings. The van der Waals surface area contributed by atoms with Crippen LogP contribution < -0.4 is 5.32 Å². The number of nitrogens with one attached hydrogen (secondary N) is 1. The van der Waals surface area contributed by atoms with Gasteiger partial charge in [-0.25, -0.2) is 4.79 Å². The molecule has 160 valence electrons. The number of hydrogen-bond acceptors (Lipinski definition) is 5. The number of imide groups is 1. The summed E-state index contributed by atoms with van der Waals surface area (Å²) in [7, 11) is 0. The van der Waals surface area contributed by atoms with Crippen LogP contribution in [-0.4, -0.2) is 53.2 Å². The second kappa shape index (κ2) is 12.0. The fourth-order valence-corrected chi connectivity index (χ4v) is 4.31. The van der Waals surface area contributed by atoms with Gasteiger partial charge in [0, 0.05) is 13.0 Å². The van der Waals surface area contributed by atoms with Gasteiger partial charge in [-0.05, 0) is 44.9 Å². The molecule has 0 aromatic rings. The van der Waals surface area contributed by atoms with Crippen LogP contribution in [0.5, 0.6) is 0 Å². The van der Waals surface area contributed by atoms with Gasteiger partial charge in [0.15, 0.2) is 0 Å². The van der Waals surface area contributed by atoms with E-state index < -0.39 is 12.1 Å². The van der Waals surface area contributed by atoms with E-state index in [1.807, 2.05) is 0 Å². The summed E-state index contributed by atoms with van der Waals surface area (Å²) in [5, 5.41) is 12.9. The molecule has 1 heterocycles. The zero-order valence-corrected chi connectivity index (χ0v) is 17.2. The Morgan fingerprint density at radius 1 is 1.18 bits per heavy atom. The molecule has 1 saturated carbocycles. The summed E-state index contributed by atoms with van der Waals surface area (Å²) >= 11 is 0. The maximum Gasteiger partial charge on any atom is 0.324 e. The number of aliphatic hydroxyl groups is 1. The third kappa shape index (κ3) is 7.08. The Morgan fingerprint density at radius 2 is 1.89 bits per heavy atom. The molecule has 7 heteroatoms. The summed E-state index contributed by atoms with van der Waals surface area (Å²) in [5.41, 5.74) is 0. The van der Waals surface area contributed by atoms with Gasteiger partial charge in [-0.2, -0.15) is 0 Å². The normalized spacial score (nSPS) is 21.6. The van der Waals surface area contributed by atoms with E-state index in [0.717, 1.165) is 38.5 Å². The van der Waals surface area contributed by atoms with Gasteiger partial charge in [0.25, 0.3) is 5.91 Å². The lowest BCUT2D eigenvalue weighted by atomic mass is 9.84. The minimum Gasteiger partial charge on any atom is -0.466 e. The fourth-order valence-electron chi connectivity index (χ4n) is 4.31. The van der Waals surface area contributed by atoms with Gasteiger partial charge in [0.1, 0.15) is 6.04 Å². The Morgan fingerprint density at radius 3 is 2.61 bits per heavy atom. The molecule has 2 fully saturated rings.